The Labute approximate surface area is 165 Å². The first-order valence-electron chi connectivity index (χ1n) is 9.62. The Balaban J connectivity index is 1.41. The number of hydrogen-bond donors (Lipinski definition) is 0. The Hall–Kier alpha value is -3.21. The zero-order valence-corrected chi connectivity index (χ0v) is 16.3. The van der Waals surface area contributed by atoms with Crippen molar-refractivity contribution in [1.29, 1.82) is 0 Å². The van der Waals surface area contributed by atoms with Crippen LogP contribution in [-0.2, 0) is 0 Å². The van der Waals surface area contributed by atoms with Gasteiger partial charge in [0.05, 0.1) is 5.69 Å². The molecule has 142 valence electrons. The molecule has 2 aromatic carbocycles. The first-order chi connectivity index (χ1) is 13.6. The minimum Gasteiger partial charge on any atom is -0.352 e. The summed E-state index contributed by atoms with van der Waals surface area (Å²) in [5, 5.41) is 8.86. The third-order valence-corrected chi connectivity index (χ3v) is 5.36. The highest BCUT2D eigenvalue weighted by Gasteiger charge is 2.23. The first-order valence-corrected chi connectivity index (χ1v) is 9.62. The van der Waals surface area contributed by atoms with Gasteiger partial charge in [-0.05, 0) is 55.3 Å². The molecule has 5 heteroatoms. The van der Waals surface area contributed by atoms with E-state index >= 15 is 0 Å². The van der Waals surface area contributed by atoms with Crippen LogP contribution in [0.5, 0.6) is 0 Å². The normalized spacial score (nSPS) is 14.2. The highest BCUT2D eigenvalue weighted by Crippen LogP contribution is 2.22. The number of anilines is 1. The van der Waals surface area contributed by atoms with Gasteiger partial charge in [0, 0.05) is 37.3 Å². The van der Waals surface area contributed by atoms with Crippen LogP contribution in [0.25, 0.3) is 11.3 Å². The average Bonchev–Trinajstić information content (AvgIpc) is 2.76. The van der Waals surface area contributed by atoms with E-state index in [-0.39, 0.29) is 5.91 Å². The van der Waals surface area contributed by atoms with Gasteiger partial charge < -0.3 is 9.80 Å². The fraction of sp³-hybridized carbons (Fsp3) is 0.261. The lowest BCUT2D eigenvalue weighted by atomic mass is 10.0. The number of hydrogen-bond acceptors (Lipinski definition) is 4. The molecule has 0 saturated carbocycles. The molecule has 1 aromatic heterocycles. The van der Waals surface area contributed by atoms with E-state index in [2.05, 4.69) is 47.1 Å². The summed E-state index contributed by atoms with van der Waals surface area (Å²) in [5.41, 5.74) is 5.23. The molecule has 1 aliphatic rings. The van der Waals surface area contributed by atoms with Crippen LogP contribution in [0.1, 0.15) is 21.5 Å². The maximum atomic E-state index is 12.6. The summed E-state index contributed by atoms with van der Waals surface area (Å²) in [7, 11) is 0. The number of benzene rings is 2. The van der Waals surface area contributed by atoms with Gasteiger partial charge in [0.25, 0.3) is 5.91 Å². The summed E-state index contributed by atoms with van der Waals surface area (Å²) in [5.74, 6) is 0.954. The van der Waals surface area contributed by atoms with Crippen LogP contribution in [0.3, 0.4) is 0 Å². The van der Waals surface area contributed by atoms with Crippen molar-refractivity contribution in [3.05, 3.63) is 77.4 Å². The molecule has 1 amide bonds. The van der Waals surface area contributed by atoms with Crippen LogP contribution < -0.4 is 4.90 Å². The maximum Gasteiger partial charge on any atom is 0.253 e. The van der Waals surface area contributed by atoms with Crippen LogP contribution in [0, 0.1) is 13.8 Å². The predicted molar refractivity (Wildman–Crippen MR) is 112 cm³/mol. The van der Waals surface area contributed by atoms with E-state index < -0.39 is 0 Å². The summed E-state index contributed by atoms with van der Waals surface area (Å²) in [6.07, 6.45) is 0. The summed E-state index contributed by atoms with van der Waals surface area (Å²) in [4.78, 5) is 16.7. The Bertz CT molecular complexity index is 962. The average molecular weight is 372 g/mol. The van der Waals surface area contributed by atoms with Crippen molar-refractivity contribution < 1.29 is 4.79 Å². The standard InChI is InChI=1S/C23H24N4O/c1-17-8-9-20(16-18(17)2)21-10-11-22(25-24-21)26-12-14-27(15-13-26)23(28)19-6-4-3-5-7-19/h3-11,16H,12-15H2,1-2H3. The molecule has 0 atom stereocenters. The molecule has 1 aliphatic heterocycles. The SMILES string of the molecule is Cc1ccc(-c2ccc(N3CCN(C(=O)c4ccccc4)CC3)nn2)cc1C. The van der Waals surface area contributed by atoms with E-state index in [0.717, 1.165) is 35.7 Å². The first kappa shape index (κ1) is 18.2. The lowest BCUT2D eigenvalue weighted by Gasteiger charge is -2.35. The number of amides is 1. The van der Waals surface area contributed by atoms with Gasteiger partial charge in [-0.3, -0.25) is 4.79 Å². The summed E-state index contributed by atoms with van der Waals surface area (Å²) >= 11 is 0. The van der Waals surface area contributed by atoms with Crippen LogP contribution in [0.15, 0.2) is 60.7 Å². The van der Waals surface area contributed by atoms with Crippen molar-refractivity contribution in [2.45, 2.75) is 13.8 Å². The number of piperazine rings is 1. The van der Waals surface area contributed by atoms with Crippen LogP contribution >= 0.6 is 0 Å². The Kier molecular flexibility index (Phi) is 5.06. The molecule has 3 aromatic rings. The van der Waals surface area contributed by atoms with Gasteiger partial charge >= 0.3 is 0 Å². The molecule has 1 fully saturated rings. The second-order valence-electron chi connectivity index (χ2n) is 7.22. The van der Waals surface area contributed by atoms with Crippen LogP contribution in [0.4, 0.5) is 5.82 Å². The topological polar surface area (TPSA) is 49.3 Å². The molecular formula is C23H24N4O. The van der Waals surface area contributed by atoms with Gasteiger partial charge in [0.2, 0.25) is 0 Å². The molecule has 0 unspecified atom stereocenters. The monoisotopic (exact) mass is 372 g/mol. The van der Waals surface area contributed by atoms with Crippen LogP contribution in [-0.4, -0.2) is 47.2 Å². The minimum absolute atomic E-state index is 0.0939. The van der Waals surface area contributed by atoms with Gasteiger partial charge in [-0.2, -0.15) is 0 Å². The zero-order chi connectivity index (χ0) is 19.5. The third kappa shape index (κ3) is 3.74. The largest absolute Gasteiger partial charge is 0.352 e. The van der Waals surface area contributed by atoms with E-state index in [1.54, 1.807) is 0 Å². The number of aromatic nitrogens is 2. The van der Waals surface area contributed by atoms with Crippen molar-refractivity contribution >= 4 is 11.7 Å². The van der Waals surface area contributed by atoms with E-state index in [4.69, 9.17) is 0 Å². The zero-order valence-electron chi connectivity index (χ0n) is 16.3. The summed E-state index contributed by atoms with van der Waals surface area (Å²) in [6.45, 7) is 7.11. The Morgan fingerprint density at radius 1 is 0.821 bits per heavy atom. The molecule has 4 rings (SSSR count). The van der Waals surface area contributed by atoms with Crippen LogP contribution in [0.2, 0.25) is 0 Å². The highest BCUT2D eigenvalue weighted by atomic mass is 16.2. The van der Waals surface area contributed by atoms with Gasteiger partial charge in [-0.25, -0.2) is 0 Å². The smallest absolute Gasteiger partial charge is 0.253 e. The number of carbonyl (C=O) groups excluding carboxylic acids is 1. The van der Waals surface area contributed by atoms with Crippen molar-refractivity contribution in [1.82, 2.24) is 15.1 Å². The summed E-state index contributed by atoms with van der Waals surface area (Å²) in [6, 6.07) is 19.8. The van der Waals surface area contributed by atoms with Gasteiger partial charge in [-0.15, -0.1) is 10.2 Å². The highest BCUT2D eigenvalue weighted by molar-refractivity contribution is 5.94. The van der Waals surface area contributed by atoms with E-state index in [0.29, 0.717) is 13.1 Å². The third-order valence-electron chi connectivity index (χ3n) is 5.36. The second kappa shape index (κ2) is 7.80. The quantitative estimate of drug-likeness (QED) is 0.703. The van der Waals surface area contributed by atoms with Gasteiger partial charge in [-0.1, -0.05) is 30.3 Å². The van der Waals surface area contributed by atoms with Crippen molar-refractivity contribution in [2.24, 2.45) is 0 Å². The van der Waals surface area contributed by atoms with E-state index in [1.165, 1.54) is 11.1 Å². The molecular weight excluding hydrogens is 348 g/mol. The lowest BCUT2D eigenvalue weighted by Crippen LogP contribution is -2.49. The maximum absolute atomic E-state index is 12.6. The number of aryl methyl sites for hydroxylation is 2. The molecule has 0 aliphatic carbocycles. The Morgan fingerprint density at radius 3 is 2.21 bits per heavy atom. The molecule has 0 spiro atoms. The molecule has 0 N–H and O–H groups in total. The molecule has 0 bridgehead atoms. The number of carbonyl (C=O) groups is 1. The predicted octanol–water partition coefficient (Wildman–Crippen LogP) is 3.72. The van der Waals surface area contributed by atoms with E-state index in [1.807, 2.05) is 47.4 Å². The molecule has 0 radical (unpaired) electrons. The fourth-order valence-corrected chi connectivity index (χ4v) is 3.45. The lowest BCUT2D eigenvalue weighted by molar-refractivity contribution is 0.0746. The minimum atomic E-state index is 0.0939. The van der Waals surface area contributed by atoms with Crippen molar-refractivity contribution in [3.8, 4) is 11.3 Å². The second-order valence-corrected chi connectivity index (χ2v) is 7.22. The Morgan fingerprint density at radius 2 is 1.57 bits per heavy atom. The summed E-state index contributed by atoms with van der Waals surface area (Å²) < 4.78 is 0. The number of nitrogens with zero attached hydrogens (tertiary/aromatic N) is 4. The van der Waals surface area contributed by atoms with Crippen molar-refractivity contribution in [2.75, 3.05) is 31.1 Å². The molecule has 1 saturated heterocycles. The number of rotatable bonds is 3. The molecule has 28 heavy (non-hydrogen) atoms. The molecule has 2 heterocycles. The van der Waals surface area contributed by atoms with Crippen molar-refractivity contribution in [3.63, 3.8) is 0 Å². The molecule has 5 nitrogen and oxygen atoms in total. The van der Waals surface area contributed by atoms with Gasteiger partial charge in [0.1, 0.15) is 0 Å². The fourth-order valence-electron chi connectivity index (χ4n) is 3.45. The van der Waals surface area contributed by atoms with E-state index in [9.17, 15) is 4.79 Å². The van der Waals surface area contributed by atoms with Gasteiger partial charge in [0.15, 0.2) is 5.82 Å².